The highest BCUT2D eigenvalue weighted by molar-refractivity contribution is 6.30. The first-order valence-electron chi connectivity index (χ1n) is 11.1. The van der Waals surface area contributed by atoms with E-state index in [1.165, 1.54) is 18.7 Å². The number of rotatable bonds is 6. The summed E-state index contributed by atoms with van der Waals surface area (Å²) in [6.07, 6.45) is 5.39. The monoisotopic (exact) mass is 457 g/mol. The molecule has 32 heavy (non-hydrogen) atoms. The maximum absolute atomic E-state index is 14.0. The van der Waals surface area contributed by atoms with Crippen LogP contribution in [0.15, 0.2) is 48.0 Å². The molecule has 2 aromatic rings. The molecule has 4 rings (SSSR count). The smallest absolute Gasteiger partial charge is 0.331 e. The Hall–Kier alpha value is -2.37. The van der Waals surface area contributed by atoms with Gasteiger partial charge in [0.05, 0.1) is 7.11 Å². The average molecular weight is 458 g/mol. The van der Waals surface area contributed by atoms with E-state index in [2.05, 4.69) is 11.4 Å². The highest BCUT2D eigenvalue weighted by atomic mass is 35.5. The van der Waals surface area contributed by atoms with Crippen molar-refractivity contribution >= 4 is 29.3 Å². The van der Waals surface area contributed by atoms with Gasteiger partial charge in [0.25, 0.3) is 0 Å². The molecule has 1 spiro atoms. The summed E-state index contributed by atoms with van der Waals surface area (Å²) in [6, 6.07) is 12.3. The topological polar surface area (TPSA) is 58.6 Å². The lowest BCUT2D eigenvalue weighted by Crippen LogP contribution is -2.52. The van der Waals surface area contributed by atoms with Crippen LogP contribution in [-0.2, 0) is 14.9 Å². The van der Waals surface area contributed by atoms with E-state index >= 15 is 0 Å². The normalized spacial score (nSPS) is 25.2. The van der Waals surface area contributed by atoms with E-state index in [-0.39, 0.29) is 29.7 Å². The van der Waals surface area contributed by atoms with Crippen molar-refractivity contribution in [2.75, 3.05) is 19.0 Å². The van der Waals surface area contributed by atoms with Crippen LogP contribution in [0.2, 0.25) is 5.02 Å². The Balaban J connectivity index is 1.67. The molecule has 170 valence electrons. The number of esters is 1. The number of carbonyl (C=O) groups excluding carboxylic acids is 1. The average Bonchev–Trinajstić information content (AvgIpc) is 3.06. The molecule has 2 aliphatic carbocycles. The number of methoxy groups -OCH3 is 1. The molecule has 0 radical (unpaired) electrons. The summed E-state index contributed by atoms with van der Waals surface area (Å²) in [7, 11) is 1.41. The van der Waals surface area contributed by atoms with Crippen LogP contribution in [0.1, 0.15) is 50.2 Å². The Bertz CT molecular complexity index is 1040. The van der Waals surface area contributed by atoms with E-state index in [1.807, 2.05) is 25.1 Å². The molecule has 6 heteroatoms. The van der Waals surface area contributed by atoms with Crippen molar-refractivity contribution < 1.29 is 19.0 Å². The van der Waals surface area contributed by atoms with Gasteiger partial charge in [-0.25, -0.2) is 9.18 Å². The molecule has 1 atom stereocenters. The maximum Gasteiger partial charge on any atom is 0.331 e. The van der Waals surface area contributed by atoms with Crippen LogP contribution in [0.5, 0.6) is 0 Å². The summed E-state index contributed by atoms with van der Waals surface area (Å²) in [4.78, 5) is 13.0. The highest BCUT2D eigenvalue weighted by Gasteiger charge is 2.52. The van der Waals surface area contributed by atoms with Gasteiger partial charge in [0, 0.05) is 22.7 Å². The number of benzene rings is 2. The van der Waals surface area contributed by atoms with Gasteiger partial charge in [-0.3, -0.25) is 0 Å². The second-order valence-corrected chi connectivity index (χ2v) is 9.62. The zero-order valence-electron chi connectivity index (χ0n) is 18.5. The largest absolute Gasteiger partial charge is 0.467 e. The van der Waals surface area contributed by atoms with Gasteiger partial charge in [0.15, 0.2) is 0 Å². The lowest BCUT2D eigenvalue weighted by Gasteiger charge is -2.46. The number of anilines is 1. The molecule has 0 amide bonds. The van der Waals surface area contributed by atoms with E-state index in [0.29, 0.717) is 17.9 Å². The van der Waals surface area contributed by atoms with Gasteiger partial charge in [-0.05, 0) is 79.5 Å². The summed E-state index contributed by atoms with van der Waals surface area (Å²) in [6.45, 7) is 2.11. The third-order valence-corrected chi connectivity index (χ3v) is 7.33. The van der Waals surface area contributed by atoms with Crippen LogP contribution in [0, 0.1) is 11.7 Å². The second kappa shape index (κ2) is 8.87. The molecule has 1 saturated carbocycles. The molecule has 0 saturated heterocycles. The fourth-order valence-corrected chi connectivity index (χ4v) is 5.58. The van der Waals surface area contributed by atoms with Crippen LogP contribution in [-0.4, -0.2) is 30.3 Å². The number of aliphatic hydroxyl groups is 1. The molecule has 0 unspecified atom stereocenters. The molecule has 4 nitrogen and oxygen atoms in total. The van der Waals surface area contributed by atoms with Crippen molar-refractivity contribution in [3.63, 3.8) is 0 Å². The molecular weight excluding hydrogens is 429 g/mol. The van der Waals surface area contributed by atoms with Gasteiger partial charge in [-0.2, -0.15) is 0 Å². The quantitative estimate of drug-likeness (QED) is 0.544. The van der Waals surface area contributed by atoms with Crippen LogP contribution in [0.3, 0.4) is 0 Å². The number of aliphatic hydroxyl groups excluding tert-OH is 1. The summed E-state index contributed by atoms with van der Waals surface area (Å²) in [5, 5.41) is 13.7. The predicted molar refractivity (Wildman–Crippen MR) is 125 cm³/mol. The highest BCUT2D eigenvalue weighted by Crippen LogP contribution is 2.55. The molecule has 2 N–H and O–H groups in total. The Morgan fingerprint density at radius 1 is 1.22 bits per heavy atom. The minimum absolute atomic E-state index is 0.0978. The van der Waals surface area contributed by atoms with E-state index < -0.39 is 5.54 Å². The second-order valence-electron chi connectivity index (χ2n) is 9.18. The van der Waals surface area contributed by atoms with Crippen LogP contribution >= 0.6 is 11.6 Å². The third-order valence-electron chi connectivity index (χ3n) is 7.10. The lowest BCUT2D eigenvalue weighted by molar-refractivity contribution is -0.147. The minimum atomic E-state index is -0.860. The van der Waals surface area contributed by atoms with Crippen molar-refractivity contribution in [3.8, 4) is 0 Å². The van der Waals surface area contributed by atoms with Crippen LogP contribution < -0.4 is 5.32 Å². The standard InChI is InChI=1S/C26H29ClFNO3/c1-17(16-30)12-19-13-18-14-21(28)6-7-23(18)25(19)8-10-26(11-9-25,24(31)32-2)29-22-5-3-4-20(27)15-22/h3-7,13-15,17,29-30H,8-12,16H2,1-2H3/t17-,25?,26?/m1/s1. The SMILES string of the molecule is COC(=O)C1(Nc2cccc(Cl)c2)CCC2(CC1)C(C[C@@H](C)CO)=Cc1cc(F)ccc12. The fraction of sp³-hybridized carbons (Fsp3) is 0.423. The van der Waals surface area contributed by atoms with Gasteiger partial charge in [-0.1, -0.05) is 42.3 Å². The first kappa shape index (κ1) is 22.8. The molecule has 0 aromatic heterocycles. The van der Waals surface area contributed by atoms with E-state index in [4.69, 9.17) is 16.3 Å². The molecule has 0 bridgehead atoms. The number of ether oxygens (including phenoxy) is 1. The van der Waals surface area contributed by atoms with E-state index in [9.17, 15) is 14.3 Å². The molecule has 0 aliphatic heterocycles. The summed E-state index contributed by atoms with van der Waals surface area (Å²) in [5.74, 6) is -0.443. The summed E-state index contributed by atoms with van der Waals surface area (Å²) >= 11 is 6.16. The van der Waals surface area contributed by atoms with E-state index in [1.54, 1.807) is 18.2 Å². The molecule has 0 heterocycles. The molecular formula is C26H29ClFNO3. The fourth-order valence-electron chi connectivity index (χ4n) is 5.39. The van der Waals surface area contributed by atoms with Crippen LogP contribution in [0.4, 0.5) is 10.1 Å². The zero-order chi connectivity index (χ0) is 22.9. The van der Waals surface area contributed by atoms with Crippen molar-refractivity contribution in [2.24, 2.45) is 5.92 Å². The van der Waals surface area contributed by atoms with Gasteiger partial charge in [-0.15, -0.1) is 0 Å². The number of allylic oxidation sites excluding steroid dienone is 1. The number of fused-ring (bicyclic) bond motifs is 2. The number of halogens is 2. The Labute approximate surface area is 193 Å². The Kier molecular flexibility index (Phi) is 6.33. The van der Waals surface area contributed by atoms with E-state index in [0.717, 1.165) is 36.1 Å². The summed E-state index contributed by atoms with van der Waals surface area (Å²) < 4.78 is 19.2. The number of hydrogen-bond donors (Lipinski definition) is 2. The Morgan fingerprint density at radius 2 is 1.97 bits per heavy atom. The minimum Gasteiger partial charge on any atom is -0.467 e. The summed E-state index contributed by atoms with van der Waals surface area (Å²) in [5.41, 5.74) is 2.87. The molecule has 2 aromatic carbocycles. The van der Waals surface area contributed by atoms with Crippen molar-refractivity contribution in [1.29, 1.82) is 0 Å². The third kappa shape index (κ3) is 4.04. The first-order valence-corrected chi connectivity index (χ1v) is 11.4. The number of hydrogen-bond acceptors (Lipinski definition) is 4. The van der Waals surface area contributed by atoms with Gasteiger partial charge in [0.2, 0.25) is 0 Å². The lowest BCUT2D eigenvalue weighted by atomic mass is 9.61. The number of nitrogens with one attached hydrogen (secondary N) is 1. The van der Waals surface area contributed by atoms with Crippen molar-refractivity contribution in [1.82, 2.24) is 0 Å². The molecule has 2 aliphatic rings. The zero-order valence-corrected chi connectivity index (χ0v) is 19.2. The number of carbonyl (C=O) groups is 1. The van der Waals surface area contributed by atoms with Gasteiger partial charge < -0.3 is 15.2 Å². The van der Waals surface area contributed by atoms with Gasteiger partial charge in [0.1, 0.15) is 11.4 Å². The van der Waals surface area contributed by atoms with Crippen molar-refractivity contribution in [3.05, 3.63) is 70.0 Å². The van der Waals surface area contributed by atoms with Gasteiger partial charge >= 0.3 is 5.97 Å². The van der Waals surface area contributed by atoms with Crippen LogP contribution in [0.25, 0.3) is 6.08 Å². The molecule has 1 fully saturated rings. The van der Waals surface area contributed by atoms with Crippen molar-refractivity contribution in [2.45, 2.75) is 50.0 Å². The Morgan fingerprint density at radius 3 is 2.62 bits per heavy atom. The maximum atomic E-state index is 14.0. The predicted octanol–water partition coefficient (Wildman–Crippen LogP) is 5.73. The first-order chi connectivity index (χ1) is 15.3.